The molecule has 1 N–H and O–H groups in total. The lowest BCUT2D eigenvalue weighted by Gasteiger charge is -2.26. The van der Waals surface area contributed by atoms with Crippen LogP contribution in [0.1, 0.15) is 15.9 Å². The van der Waals surface area contributed by atoms with Gasteiger partial charge in [-0.3, -0.25) is 0 Å². The molecular formula is C20H24N2O5S. The highest BCUT2D eigenvalue weighted by Crippen LogP contribution is 2.27. The van der Waals surface area contributed by atoms with Gasteiger partial charge in [0.15, 0.2) is 0 Å². The minimum atomic E-state index is -3.79. The van der Waals surface area contributed by atoms with Crippen LogP contribution in [-0.4, -0.2) is 69.1 Å². The summed E-state index contributed by atoms with van der Waals surface area (Å²) in [5, 5.41) is 9.47. The summed E-state index contributed by atoms with van der Waals surface area (Å²) in [6.45, 7) is 1.96. The Kier molecular flexibility index (Phi) is 6.14. The summed E-state index contributed by atoms with van der Waals surface area (Å²) in [4.78, 5) is 13.6. The van der Waals surface area contributed by atoms with Gasteiger partial charge < -0.3 is 14.7 Å². The molecule has 0 radical (unpaired) electrons. The molecule has 2 aromatic carbocycles. The lowest BCUT2D eigenvalue weighted by atomic mass is 10.0. The van der Waals surface area contributed by atoms with Gasteiger partial charge in [-0.05, 0) is 49.0 Å². The van der Waals surface area contributed by atoms with Gasteiger partial charge in [0.2, 0.25) is 10.0 Å². The number of ether oxygens (including phenoxy) is 1. The van der Waals surface area contributed by atoms with Crippen molar-refractivity contribution in [1.82, 2.24) is 9.21 Å². The Morgan fingerprint density at radius 1 is 1.07 bits per heavy atom. The summed E-state index contributed by atoms with van der Waals surface area (Å²) >= 11 is 0. The highest BCUT2D eigenvalue weighted by Gasteiger charge is 2.27. The molecule has 28 heavy (non-hydrogen) atoms. The molecule has 3 rings (SSSR count). The lowest BCUT2D eigenvalue weighted by Crippen LogP contribution is -2.40. The topological polar surface area (TPSA) is 87.2 Å². The van der Waals surface area contributed by atoms with E-state index in [9.17, 15) is 18.3 Å². The van der Waals surface area contributed by atoms with E-state index in [0.29, 0.717) is 18.8 Å². The van der Waals surface area contributed by atoms with E-state index in [0.717, 1.165) is 17.7 Å². The van der Waals surface area contributed by atoms with E-state index >= 15 is 0 Å². The van der Waals surface area contributed by atoms with Crippen molar-refractivity contribution in [3.63, 3.8) is 0 Å². The largest absolute Gasteiger partial charge is 0.478 e. The highest BCUT2D eigenvalue weighted by molar-refractivity contribution is 7.89. The van der Waals surface area contributed by atoms with Crippen molar-refractivity contribution in [2.75, 3.05) is 40.4 Å². The monoisotopic (exact) mass is 404 g/mol. The van der Waals surface area contributed by atoms with Gasteiger partial charge in [0.05, 0.1) is 23.7 Å². The molecule has 7 nitrogen and oxygen atoms in total. The third-order valence-corrected chi connectivity index (χ3v) is 6.42. The zero-order valence-electron chi connectivity index (χ0n) is 16.0. The second-order valence-corrected chi connectivity index (χ2v) is 8.94. The normalized spacial score (nSPS) is 15.7. The summed E-state index contributed by atoms with van der Waals surface area (Å²) in [6, 6.07) is 11.9. The molecule has 0 atom stereocenters. The van der Waals surface area contributed by atoms with E-state index in [1.165, 1.54) is 22.5 Å². The van der Waals surface area contributed by atoms with Crippen LogP contribution in [0.15, 0.2) is 47.4 Å². The fourth-order valence-corrected chi connectivity index (χ4v) is 4.62. The van der Waals surface area contributed by atoms with Crippen molar-refractivity contribution >= 4 is 16.0 Å². The number of sulfonamides is 1. The van der Waals surface area contributed by atoms with Crippen molar-refractivity contribution < 1.29 is 23.1 Å². The first-order valence-corrected chi connectivity index (χ1v) is 10.4. The first kappa shape index (κ1) is 20.5. The zero-order valence-corrected chi connectivity index (χ0v) is 16.8. The summed E-state index contributed by atoms with van der Waals surface area (Å²) in [5.74, 6) is -1.16. The SMILES string of the molecule is CN(C)Cc1ccc(-c2cc(C(=O)O)cc(S(=O)(=O)N3CCOCC3)c2)cc1. The van der Waals surface area contributed by atoms with Crippen LogP contribution >= 0.6 is 0 Å². The minimum absolute atomic E-state index is 0.0123. The van der Waals surface area contributed by atoms with Crippen LogP contribution in [0.5, 0.6) is 0 Å². The van der Waals surface area contributed by atoms with Gasteiger partial charge in [-0.2, -0.15) is 4.31 Å². The standard InChI is InChI=1S/C20H24N2O5S/c1-21(2)14-15-3-5-16(6-4-15)17-11-18(20(23)24)13-19(12-17)28(25,26)22-7-9-27-10-8-22/h3-6,11-13H,7-10,14H2,1-2H3,(H,23,24). The number of carboxylic acid groups (broad SMARTS) is 1. The maximum atomic E-state index is 13.0. The Balaban J connectivity index is 2.01. The predicted octanol–water partition coefficient (Wildman–Crippen LogP) is 2.13. The van der Waals surface area contributed by atoms with Crippen LogP contribution in [-0.2, 0) is 21.3 Å². The summed E-state index contributed by atoms with van der Waals surface area (Å²) in [7, 11) is 0.169. The molecule has 0 aromatic heterocycles. The van der Waals surface area contributed by atoms with Crippen LogP contribution in [0, 0.1) is 0 Å². The first-order chi connectivity index (χ1) is 13.3. The van der Waals surface area contributed by atoms with E-state index in [-0.39, 0.29) is 23.5 Å². The summed E-state index contributed by atoms with van der Waals surface area (Å²) < 4.78 is 32.5. The third kappa shape index (κ3) is 4.59. The molecule has 2 aromatic rings. The molecule has 1 fully saturated rings. The number of aromatic carboxylic acids is 1. The van der Waals surface area contributed by atoms with E-state index in [1.807, 2.05) is 43.3 Å². The number of hydrogen-bond acceptors (Lipinski definition) is 5. The Hall–Kier alpha value is -2.26. The van der Waals surface area contributed by atoms with Crippen molar-refractivity contribution in [3.8, 4) is 11.1 Å². The number of carbonyl (C=O) groups is 1. The number of benzene rings is 2. The Morgan fingerprint density at radius 3 is 2.29 bits per heavy atom. The van der Waals surface area contributed by atoms with Crippen LogP contribution in [0.2, 0.25) is 0 Å². The van der Waals surface area contributed by atoms with Gasteiger partial charge >= 0.3 is 5.97 Å². The zero-order chi connectivity index (χ0) is 20.3. The molecule has 8 heteroatoms. The van der Waals surface area contributed by atoms with E-state index < -0.39 is 16.0 Å². The van der Waals surface area contributed by atoms with Crippen LogP contribution in [0.4, 0.5) is 0 Å². The summed E-state index contributed by atoms with van der Waals surface area (Å²) in [6.07, 6.45) is 0. The fourth-order valence-electron chi connectivity index (χ4n) is 3.14. The maximum absolute atomic E-state index is 13.0. The van der Waals surface area contributed by atoms with Crippen LogP contribution in [0.25, 0.3) is 11.1 Å². The maximum Gasteiger partial charge on any atom is 0.335 e. The molecule has 1 heterocycles. The predicted molar refractivity (Wildman–Crippen MR) is 106 cm³/mol. The fraction of sp³-hybridized carbons (Fsp3) is 0.350. The summed E-state index contributed by atoms with van der Waals surface area (Å²) in [5.41, 5.74) is 2.39. The van der Waals surface area contributed by atoms with E-state index in [2.05, 4.69) is 0 Å². The molecule has 0 spiro atoms. The Morgan fingerprint density at radius 2 is 1.71 bits per heavy atom. The molecule has 1 aliphatic heterocycles. The van der Waals surface area contributed by atoms with Crippen LogP contribution in [0.3, 0.4) is 0 Å². The van der Waals surface area contributed by atoms with Crippen molar-refractivity contribution in [2.45, 2.75) is 11.4 Å². The Bertz CT molecular complexity index is 949. The third-order valence-electron chi connectivity index (χ3n) is 4.55. The second-order valence-electron chi connectivity index (χ2n) is 7.00. The highest BCUT2D eigenvalue weighted by atomic mass is 32.2. The van der Waals surface area contributed by atoms with Crippen molar-refractivity contribution in [2.24, 2.45) is 0 Å². The smallest absolute Gasteiger partial charge is 0.335 e. The van der Waals surface area contributed by atoms with Crippen molar-refractivity contribution in [1.29, 1.82) is 0 Å². The minimum Gasteiger partial charge on any atom is -0.478 e. The quantitative estimate of drug-likeness (QED) is 0.794. The molecule has 1 aliphatic rings. The van der Waals surface area contributed by atoms with Gasteiger partial charge in [0, 0.05) is 19.6 Å². The van der Waals surface area contributed by atoms with Gasteiger partial charge in [-0.25, -0.2) is 13.2 Å². The van der Waals surface area contributed by atoms with Gasteiger partial charge in [-0.15, -0.1) is 0 Å². The van der Waals surface area contributed by atoms with Gasteiger partial charge in [-0.1, -0.05) is 24.3 Å². The van der Waals surface area contributed by atoms with Crippen LogP contribution < -0.4 is 0 Å². The van der Waals surface area contributed by atoms with Gasteiger partial charge in [0.1, 0.15) is 0 Å². The molecule has 0 bridgehead atoms. The molecule has 0 saturated carbocycles. The number of nitrogens with zero attached hydrogens (tertiary/aromatic N) is 2. The van der Waals surface area contributed by atoms with Gasteiger partial charge in [0.25, 0.3) is 0 Å². The van der Waals surface area contributed by atoms with Crippen molar-refractivity contribution in [3.05, 3.63) is 53.6 Å². The first-order valence-electron chi connectivity index (χ1n) is 8.98. The Labute approximate surface area is 165 Å². The molecule has 0 aliphatic carbocycles. The second kappa shape index (κ2) is 8.40. The average molecular weight is 404 g/mol. The number of carboxylic acids is 1. The molecule has 0 unspecified atom stereocenters. The van der Waals surface area contributed by atoms with E-state index in [4.69, 9.17) is 4.74 Å². The molecular weight excluding hydrogens is 380 g/mol. The number of rotatable bonds is 6. The lowest BCUT2D eigenvalue weighted by molar-refractivity contribution is 0.0696. The molecule has 1 saturated heterocycles. The van der Waals surface area contributed by atoms with E-state index in [1.54, 1.807) is 0 Å². The molecule has 0 amide bonds. The average Bonchev–Trinajstić information content (AvgIpc) is 2.68. The molecule has 150 valence electrons. The number of hydrogen-bond donors (Lipinski definition) is 1. The number of morpholine rings is 1.